The van der Waals surface area contributed by atoms with Crippen LogP contribution >= 0.6 is 11.6 Å². The minimum absolute atomic E-state index is 0.0379. The number of halogens is 1. The number of rotatable bonds is 7. The molecule has 1 aliphatic heterocycles. The van der Waals surface area contributed by atoms with Crippen LogP contribution in [0.5, 0.6) is 0 Å². The number of nitrogens with zero attached hydrogens (tertiary/aromatic N) is 3. The molecule has 8 heteroatoms. The van der Waals surface area contributed by atoms with Crippen LogP contribution in [0.15, 0.2) is 52.1 Å². The smallest absolute Gasteiger partial charge is 0.243 e. The van der Waals surface area contributed by atoms with Gasteiger partial charge in [-0.2, -0.15) is 0 Å². The number of benzene rings is 1. The van der Waals surface area contributed by atoms with Crippen molar-refractivity contribution in [3.05, 3.63) is 53.4 Å². The Kier molecular flexibility index (Phi) is 7.41. The number of hydrogen-bond acceptors (Lipinski definition) is 4. The normalized spacial score (nSPS) is 16.7. The summed E-state index contributed by atoms with van der Waals surface area (Å²) in [6.07, 6.45) is 3.39. The molecular formula is C21H28ClN5O2. The zero-order valence-corrected chi connectivity index (χ0v) is 17.7. The third kappa shape index (κ3) is 6.42. The molecular weight excluding hydrogens is 390 g/mol. The topological polar surface area (TPSA) is 73.1 Å². The van der Waals surface area contributed by atoms with Gasteiger partial charge in [0.05, 0.1) is 6.26 Å². The molecule has 3 rings (SSSR count). The van der Waals surface area contributed by atoms with Crippen LogP contribution in [0.4, 0.5) is 5.69 Å². The predicted molar refractivity (Wildman–Crippen MR) is 117 cm³/mol. The van der Waals surface area contributed by atoms with E-state index in [-0.39, 0.29) is 18.5 Å². The number of aliphatic imine (C=N–C) groups is 1. The summed E-state index contributed by atoms with van der Waals surface area (Å²) in [5.41, 5.74) is 1.12. The van der Waals surface area contributed by atoms with Gasteiger partial charge in [-0.25, -0.2) is 4.99 Å². The Hall–Kier alpha value is -2.67. The second-order valence-electron chi connectivity index (χ2n) is 7.26. The molecule has 1 atom stereocenters. The number of carbonyl (C=O) groups is 1. The van der Waals surface area contributed by atoms with Crippen molar-refractivity contribution < 1.29 is 9.21 Å². The fourth-order valence-electron chi connectivity index (χ4n) is 3.18. The van der Waals surface area contributed by atoms with E-state index in [1.807, 2.05) is 30.3 Å². The first kappa shape index (κ1) is 21.0. The highest BCUT2D eigenvalue weighted by molar-refractivity contribution is 6.30. The second kappa shape index (κ2) is 10.2. The third-order valence-electron chi connectivity index (χ3n) is 4.82. The number of nitrogens with one attached hydrogen (secondary N) is 2. The minimum atomic E-state index is -0.0379. The van der Waals surface area contributed by atoms with Crippen molar-refractivity contribution in [1.82, 2.24) is 15.5 Å². The summed E-state index contributed by atoms with van der Waals surface area (Å²) in [4.78, 5) is 20.3. The third-order valence-corrected chi connectivity index (χ3v) is 5.05. The molecule has 0 bridgehead atoms. The molecule has 1 amide bonds. The summed E-state index contributed by atoms with van der Waals surface area (Å²) in [7, 11) is 3.46. The Morgan fingerprint density at radius 2 is 2.21 bits per heavy atom. The maximum atomic E-state index is 11.9. The first-order valence-corrected chi connectivity index (χ1v) is 10.2. The van der Waals surface area contributed by atoms with Crippen LogP contribution in [0.25, 0.3) is 0 Å². The number of furan rings is 1. The molecule has 1 aliphatic rings. The largest absolute Gasteiger partial charge is 0.469 e. The van der Waals surface area contributed by atoms with Crippen molar-refractivity contribution in [1.29, 1.82) is 0 Å². The zero-order valence-electron chi connectivity index (χ0n) is 16.9. The standard InChI is InChI=1S/C21H28ClN5O2/c1-26(2)20(28)14-24-21(23-10-8-19-7-4-12-29-19)25-17-9-11-27(15-17)18-6-3-5-16(22)13-18/h3-7,12-13,17H,8-11,14-15H2,1-2H3,(H2,23,24,25). The molecule has 1 unspecified atom stereocenters. The molecule has 0 saturated carbocycles. The van der Waals surface area contributed by atoms with Gasteiger partial charge in [0.1, 0.15) is 12.3 Å². The van der Waals surface area contributed by atoms with E-state index in [0.717, 1.165) is 42.4 Å². The van der Waals surface area contributed by atoms with E-state index in [0.29, 0.717) is 12.5 Å². The summed E-state index contributed by atoms with van der Waals surface area (Å²) in [6, 6.07) is 12.0. The first-order valence-electron chi connectivity index (χ1n) is 9.79. The maximum absolute atomic E-state index is 11.9. The fourth-order valence-corrected chi connectivity index (χ4v) is 3.36. The molecule has 0 radical (unpaired) electrons. The SMILES string of the molecule is CN(C)C(=O)CN=C(NCCc1ccco1)NC1CCN(c2cccc(Cl)c2)C1. The van der Waals surface area contributed by atoms with Crippen LogP contribution in [0.1, 0.15) is 12.2 Å². The number of amides is 1. The average molecular weight is 418 g/mol. The van der Waals surface area contributed by atoms with E-state index in [2.05, 4.69) is 26.6 Å². The van der Waals surface area contributed by atoms with E-state index < -0.39 is 0 Å². The van der Waals surface area contributed by atoms with Gasteiger partial charge in [0.25, 0.3) is 0 Å². The monoisotopic (exact) mass is 417 g/mol. The van der Waals surface area contributed by atoms with Crippen LogP contribution in [-0.2, 0) is 11.2 Å². The quantitative estimate of drug-likeness (QED) is 0.534. The summed E-state index contributed by atoms with van der Waals surface area (Å²) >= 11 is 6.12. The van der Waals surface area contributed by atoms with Gasteiger partial charge in [0.15, 0.2) is 5.96 Å². The molecule has 0 spiro atoms. The van der Waals surface area contributed by atoms with Gasteiger partial charge in [-0.3, -0.25) is 4.79 Å². The van der Waals surface area contributed by atoms with E-state index in [1.54, 1.807) is 25.3 Å². The first-order chi connectivity index (χ1) is 14.0. The molecule has 1 fully saturated rings. The highest BCUT2D eigenvalue weighted by Gasteiger charge is 2.23. The Morgan fingerprint density at radius 3 is 2.93 bits per heavy atom. The van der Waals surface area contributed by atoms with Gasteiger partial charge in [-0.1, -0.05) is 17.7 Å². The predicted octanol–water partition coefficient (Wildman–Crippen LogP) is 2.38. The van der Waals surface area contributed by atoms with E-state index in [4.69, 9.17) is 16.0 Å². The van der Waals surface area contributed by atoms with Crippen molar-refractivity contribution in [2.75, 3.05) is 45.2 Å². The van der Waals surface area contributed by atoms with Gasteiger partial charge >= 0.3 is 0 Å². The lowest BCUT2D eigenvalue weighted by molar-refractivity contribution is -0.127. The van der Waals surface area contributed by atoms with Gasteiger partial charge in [-0.15, -0.1) is 0 Å². The van der Waals surface area contributed by atoms with Gasteiger partial charge in [0.2, 0.25) is 5.91 Å². The maximum Gasteiger partial charge on any atom is 0.243 e. The van der Waals surface area contributed by atoms with Crippen molar-refractivity contribution in [2.24, 2.45) is 4.99 Å². The summed E-state index contributed by atoms with van der Waals surface area (Å²) in [5, 5.41) is 7.52. The van der Waals surface area contributed by atoms with Crippen molar-refractivity contribution >= 4 is 29.2 Å². The Bertz CT molecular complexity index is 822. The molecule has 156 valence electrons. The second-order valence-corrected chi connectivity index (χ2v) is 7.70. The van der Waals surface area contributed by atoms with Crippen LogP contribution in [0.3, 0.4) is 0 Å². The molecule has 0 aliphatic carbocycles. The van der Waals surface area contributed by atoms with Crippen molar-refractivity contribution in [3.63, 3.8) is 0 Å². The van der Waals surface area contributed by atoms with Crippen molar-refractivity contribution in [2.45, 2.75) is 18.9 Å². The molecule has 7 nitrogen and oxygen atoms in total. The summed E-state index contributed by atoms with van der Waals surface area (Å²) < 4.78 is 5.37. The number of likely N-dealkylation sites (N-methyl/N-ethyl adjacent to an activating group) is 1. The number of carbonyl (C=O) groups excluding carboxylic acids is 1. The molecule has 1 aromatic heterocycles. The number of hydrogen-bond donors (Lipinski definition) is 2. The lowest BCUT2D eigenvalue weighted by Gasteiger charge is -2.21. The van der Waals surface area contributed by atoms with Gasteiger partial charge < -0.3 is 24.9 Å². The van der Waals surface area contributed by atoms with E-state index >= 15 is 0 Å². The highest BCUT2D eigenvalue weighted by atomic mass is 35.5. The van der Waals surface area contributed by atoms with Crippen LogP contribution in [-0.4, -0.2) is 63.1 Å². The Labute approximate surface area is 176 Å². The molecule has 1 aromatic carbocycles. The van der Waals surface area contributed by atoms with Crippen LogP contribution in [0, 0.1) is 0 Å². The lowest BCUT2D eigenvalue weighted by atomic mass is 10.2. The molecule has 29 heavy (non-hydrogen) atoms. The highest BCUT2D eigenvalue weighted by Crippen LogP contribution is 2.23. The average Bonchev–Trinajstić information content (AvgIpc) is 3.37. The van der Waals surface area contributed by atoms with Crippen molar-refractivity contribution in [3.8, 4) is 0 Å². The Balaban J connectivity index is 1.58. The molecule has 1 saturated heterocycles. The van der Waals surface area contributed by atoms with E-state index in [9.17, 15) is 4.79 Å². The fraction of sp³-hybridized carbons (Fsp3) is 0.429. The van der Waals surface area contributed by atoms with Crippen LogP contribution < -0.4 is 15.5 Å². The van der Waals surface area contributed by atoms with Gasteiger partial charge in [0, 0.05) is 56.9 Å². The van der Waals surface area contributed by atoms with Crippen LogP contribution in [0.2, 0.25) is 5.02 Å². The lowest BCUT2D eigenvalue weighted by Crippen LogP contribution is -2.45. The van der Waals surface area contributed by atoms with E-state index in [1.165, 1.54) is 0 Å². The van der Waals surface area contributed by atoms with Gasteiger partial charge in [-0.05, 0) is 36.8 Å². The molecule has 2 aromatic rings. The number of guanidine groups is 1. The summed E-state index contributed by atoms with van der Waals surface area (Å²) in [6.45, 7) is 2.56. The number of anilines is 1. The summed E-state index contributed by atoms with van der Waals surface area (Å²) in [5.74, 6) is 1.52. The molecule has 2 N–H and O–H groups in total. The Morgan fingerprint density at radius 1 is 1.34 bits per heavy atom. The zero-order chi connectivity index (χ0) is 20.6. The molecule has 2 heterocycles. The minimum Gasteiger partial charge on any atom is -0.469 e.